The van der Waals surface area contributed by atoms with E-state index in [-0.39, 0.29) is 11.8 Å². The first kappa shape index (κ1) is 14.8. The molecule has 2 N–H and O–H groups in total. The molecule has 0 aliphatic rings. The quantitative estimate of drug-likeness (QED) is 0.886. The van der Waals surface area contributed by atoms with E-state index in [0.717, 1.165) is 11.4 Å². The van der Waals surface area contributed by atoms with Crippen molar-refractivity contribution in [2.24, 2.45) is 7.05 Å². The lowest BCUT2D eigenvalue weighted by molar-refractivity contribution is -0.116. The van der Waals surface area contributed by atoms with Crippen molar-refractivity contribution in [1.29, 1.82) is 0 Å². The molecule has 0 spiro atoms. The SMILES string of the molecule is CC(=O)Nc1ccc(NC(=O)CCc2cccn2C)cc1. The van der Waals surface area contributed by atoms with Crippen LogP contribution in [0.3, 0.4) is 0 Å². The van der Waals surface area contributed by atoms with Gasteiger partial charge in [-0.1, -0.05) is 0 Å². The van der Waals surface area contributed by atoms with Gasteiger partial charge >= 0.3 is 0 Å². The number of benzene rings is 1. The molecule has 2 aromatic rings. The van der Waals surface area contributed by atoms with E-state index in [4.69, 9.17) is 0 Å². The van der Waals surface area contributed by atoms with Gasteiger partial charge in [-0.25, -0.2) is 0 Å². The molecule has 0 aliphatic carbocycles. The van der Waals surface area contributed by atoms with Crippen LogP contribution in [-0.2, 0) is 23.1 Å². The molecule has 0 aliphatic heterocycles. The van der Waals surface area contributed by atoms with Gasteiger partial charge in [-0.15, -0.1) is 0 Å². The van der Waals surface area contributed by atoms with Crippen molar-refractivity contribution in [3.8, 4) is 0 Å². The van der Waals surface area contributed by atoms with Crippen LogP contribution in [0, 0.1) is 0 Å². The zero-order chi connectivity index (χ0) is 15.2. The second-order valence-corrected chi connectivity index (χ2v) is 4.92. The van der Waals surface area contributed by atoms with E-state index in [9.17, 15) is 9.59 Å². The first-order valence-corrected chi connectivity index (χ1v) is 6.82. The third-order valence-corrected chi connectivity index (χ3v) is 3.15. The predicted octanol–water partition coefficient (Wildman–Crippen LogP) is 2.55. The van der Waals surface area contributed by atoms with E-state index in [2.05, 4.69) is 10.6 Å². The fourth-order valence-corrected chi connectivity index (χ4v) is 2.06. The number of nitrogens with zero attached hydrogens (tertiary/aromatic N) is 1. The molecule has 110 valence electrons. The van der Waals surface area contributed by atoms with Crippen molar-refractivity contribution in [1.82, 2.24) is 4.57 Å². The Bertz CT molecular complexity index is 629. The van der Waals surface area contributed by atoms with Gasteiger partial charge in [-0.2, -0.15) is 0 Å². The van der Waals surface area contributed by atoms with Crippen LogP contribution in [0.25, 0.3) is 0 Å². The maximum Gasteiger partial charge on any atom is 0.224 e. The van der Waals surface area contributed by atoms with Gasteiger partial charge in [0.15, 0.2) is 0 Å². The van der Waals surface area contributed by atoms with Crippen LogP contribution in [0.5, 0.6) is 0 Å². The van der Waals surface area contributed by atoms with E-state index in [1.165, 1.54) is 6.92 Å². The second-order valence-electron chi connectivity index (χ2n) is 4.92. The summed E-state index contributed by atoms with van der Waals surface area (Å²) in [4.78, 5) is 22.8. The molecule has 5 nitrogen and oxygen atoms in total. The largest absolute Gasteiger partial charge is 0.354 e. The number of nitrogens with one attached hydrogen (secondary N) is 2. The summed E-state index contributed by atoms with van der Waals surface area (Å²) < 4.78 is 2.01. The molecule has 1 heterocycles. The Hall–Kier alpha value is -2.56. The summed E-state index contributed by atoms with van der Waals surface area (Å²) in [6.07, 6.45) is 3.11. The van der Waals surface area contributed by atoms with E-state index in [1.54, 1.807) is 24.3 Å². The topological polar surface area (TPSA) is 63.1 Å². The Morgan fingerprint density at radius 2 is 1.67 bits per heavy atom. The van der Waals surface area contributed by atoms with Crippen LogP contribution in [0.1, 0.15) is 19.0 Å². The Morgan fingerprint density at radius 1 is 1.05 bits per heavy atom. The summed E-state index contributed by atoms with van der Waals surface area (Å²) >= 11 is 0. The van der Waals surface area contributed by atoms with E-state index in [0.29, 0.717) is 18.5 Å². The molecule has 0 fully saturated rings. The monoisotopic (exact) mass is 285 g/mol. The number of amides is 2. The predicted molar refractivity (Wildman–Crippen MR) is 83.1 cm³/mol. The normalized spacial score (nSPS) is 10.2. The third kappa shape index (κ3) is 4.49. The number of carbonyl (C=O) groups excluding carboxylic acids is 2. The van der Waals surface area contributed by atoms with Crippen LogP contribution in [0.4, 0.5) is 11.4 Å². The second kappa shape index (κ2) is 6.74. The highest BCUT2D eigenvalue weighted by atomic mass is 16.2. The molecule has 2 amide bonds. The molecule has 5 heteroatoms. The van der Waals surface area contributed by atoms with Crippen molar-refractivity contribution in [2.45, 2.75) is 19.8 Å². The minimum Gasteiger partial charge on any atom is -0.354 e. The lowest BCUT2D eigenvalue weighted by Gasteiger charge is -2.07. The van der Waals surface area contributed by atoms with Crippen LogP contribution < -0.4 is 10.6 Å². The highest BCUT2D eigenvalue weighted by Crippen LogP contribution is 2.14. The molecule has 0 atom stereocenters. The third-order valence-electron chi connectivity index (χ3n) is 3.15. The van der Waals surface area contributed by atoms with Crippen molar-refractivity contribution < 1.29 is 9.59 Å². The first-order valence-electron chi connectivity index (χ1n) is 6.82. The summed E-state index contributed by atoms with van der Waals surface area (Å²) in [5.74, 6) is -0.141. The summed E-state index contributed by atoms with van der Waals surface area (Å²) in [6.45, 7) is 1.46. The van der Waals surface area contributed by atoms with Crippen LogP contribution >= 0.6 is 0 Å². The number of hydrogen-bond acceptors (Lipinski definition) is 2. The Labute approximate surface area is 124 Å². The molecule has 2 rings (SSSR count). The maximum atomic E-state index is 11.9. The van der Waals surface area contributed by atoms with Gasteiger partial charge in [0.25, 0.3) is 0 Å². The van der Waals surface area contributed by atoms with E-state index >= 15 is 0 Å². The van der Waals surface area contributed by atoms with Gasteiger partial charge in [0.1, 0.15) is 0 Å². The molecule has 0 unspecified atom stereocenters. The van der Waals surface area contributed by atoms with Gasteiger partial charge in [-0.05, 0) is 42.8 Å². The summed E-state index contributed by atoms with van der Waals surface area (Å²) in [5.41, 5.74) is 2.57. The molecule has 21 heavy (non-hydrogen) atoms. The molecule has 0 bridgehead atoms. The number of anilines is 2. The number of aryl methyl sites for hydroxylation is 2. The highest BCUT2D eigenvalue weighted by molar-refractivity contribution is 5.92. The molecule has 0 saturated heterocycles. The molecule has 1 aromatic heterocycles. The fraction of sp³-hybridized carbons (Fsp3) is 0.250. The number of hydrogen-bond donors (Lipinski definition) is 2. The smallest absolute Gasteiger partial charge is 0.224 e. The molecule has 0 saturated carbocycles. The van der Waals surface area contributed by atoms with Crippen LogP contribution in [0.2, 0.25) is 0 Å². The van der Waals surface area contributed by atoms with Crippen molar-refractivity contribution in [3.63, 3.8) is 0 Å². The minimum absolute atomic E-state index is 0.0246. The Morgan fingerprint density at radius 3 is 2.19 bits per heavy atom. The number of carbonyl (C=O) groups is 2. The van der Waals surface area contributed by atoms with Crippen LogP contribution in [0.15, 0.2) is 42.6 Å². The number of aromatic nitrogens is 1. The maximum absolute atomic E-state index is 11.9. The van der Waals surface area contributed by atoms with Gasteiger partial charge in [0.2, 0.25) is 11.8 Å². The average Bonchev–Trinajstić information content (AvgIpc) is 2.84. The minimum atomic E-state index is -0.116. The zero-order valence-corrected chi connectivity index (χ0v) is 12.2. The van der Waals surface area contributed by atoms with Crippen molar-refractivity contribution >= 4 is 23.2 Å². The average molecular weight is 285 g/mol. The van der Waals surface area contributed by atoms with Gasteiger partial charge in [0, 0.05) is 43.7 Å². The molecular formula is C16H19N3O2. The Kier molecular flexibility index (Phi) is 4.77. The van der Waals surface area contributed by atoms with Gasteiger partial charge in [-0.3, -0.25) is 9.59 Å². The van der Waals surface area contributed by atoms with Gasteiger partial charge < -0.3 is 15.2 Å². The summed E-state index contributed by atoms with van der Waals surface area (Å²) in [7, 11) is 1.97. The van der Waals surface area contributed by atoms with E-state index < -0.39 is 0 Å². The molecular weight excluding hydrogens is 266 g/mol. The lowest BCUT2D eigenvalue weighted by atomic mass is 10.2. The van der Waals surface area contributed by atoms with Crippen molar-refractivity contribution in [3.05, 3.63) is 48.3 Å². The molecule has 1 aromatic carbocycles. The number of rotatable bonds is 5. The zero-order valence-electron chi connectivity index (χ0n) is 12.2. The Balaban J connectivity index is 1.85. The summed E-state index contributed by atoms with van der Waals surface area (Å²) in [5, 5.41) is 5.52. The fourth-order valence-electron chi connectivity index (χ4n) is 2.06. The summed E-state index contributed by atoms with van der Waals surface area (Å²) in [6, 6.07) is 11.0. The highest BCUT2D eigenvalue weighted by Gasteiger charge is 2.05. The lowest BCUT2D eigenvalue weighted by Crippen LogP contribution is -2.13. The van der Waals surface area contributed by atoms with Crippen molar-refractivity contribution in [2.75, 3.05) is 10.6 Å². The van der Waals surface area contributed by atoms with Gasteiger partial charge in [0.05, 0.1) is 0 Å². The van der Waals surface area contributed by atoms with E-state index in [1.807, 2.05) is 29.9 Å². The standard InChI is InChI=1S/C16H19N3O2/c1-12(20)17-13-5-7-14(8-6-13)18-16(21)10-9-15-4-3-11-19(15)2/h3-8,11H,9-10H2,1-2H3,(H,17,20)(H,18,21). The first-order chi connectivity index (χ1) is 10.0. The van der Waals surface area contributed by atoms with Crippen LogP contribution in [-0.4, -0.2) is 16.4 Å². The molecule has 0 radical (unpaired) electrons.